The zero-order valence-corrected chi connectivity index (χ0v) is 15.0. The smallest absolute Gasteiger partial charge is 0.243 e. The van der Waals surface area contributed by atoms with Crippen LogP contribution in [-0.2, 0) is 14.8 Å². The molecule has 0 saturated heterocycles. The first kappa shape index (κ1) is 19.4. The maximum absolute atomic E-state index is 12.6. The average Bonchev–Trinajstić information content (AvgIpc) is 2.52. The highest BCUT2D eigenvalue weighted by Crippen LogP contribution is 2.19. The van der Waals surface area contributed by atoms with Gasteiger partial charge in [0.05, 0.1) is 18.6 Å². The highest BCUT2D eigenvalue weighted by Gasteiger charge is 2.25. The molecule has 0 fully saturated rings. The van der Waals surface area contributed by atoms with Crippen LogP contribution < -0.4 is 10.1 Å². The van der Waals surface area contributed by atoms with Crippen molar-refractivity contribution < 1.29 is 17.9 Å². The molecule has 0 bridgehead atoms. The third-order valence-corrected chi connectivity index (χ3v) is 5.35. The Bertz CT molecular complexity index is 597. The van der Waals surface area contributed by atoms with Crippen LogP contribution in [-0.4, -0.2) is 45.4 Å². The summed E-state index contributed by atoms with van der Waals surface area (Å²) in [6.07, 6.45) is 0.864. The molecule has 0 aromatic heterocycles. The van der Waals surface area contributed by atoms with E-state index in [1.807, 2.05) is 0 Å². The SMILES string of the molecule is CCN(CC(=O)NCCC(C)C)S(=O)(=O)c1ccc(OC)cc1. The number of carbonyl (C=O) groups is 1. The minimum Gasteiger partial charge on any atom is -0.497 e. The Morgan fingerprint density at radius 1 is 1.26 bits per heavy atom. The predicted molar refractivity (Wildman–Crippen MR) is 89.9 cm³/mol. The number of carbonyl (C=O) groups excluding carboxylic acids is 1. The molecule has 0 saturated carbocycles. The van der Waals surface area contributed by atoms with E-state index in [0.29, 0.717) is 18.2 Å². The molecular formula is C16H26N2O4S. The van der Waals surface area contributed by atoms with Crippen molar-refractivity contribution in [2.75, 3.05) is 26.7 Å². The standard InChI is InChI=1S/C16H26N2O4S/c1-5-18(12-16(19)17-11-10-13(2)3)23(20,21)15-8-6-14(22-4)7-9-15/h6-9,13H,5,10-12H2,1-4H3,(H,17,19). The third-order valence-electron chi connectivity index (χ3n) is 3.41. The van der Waals surface area contributed by atoms with Crippen LogP contribution in [0.5, 0.6) is 5.75 Å². The van der Waals surface area contributed by atoms with Gasteiger partial charge in [-0.3, -0.25) is 4.79 Å². The summed E-state index contributed by atoms with van der Waals surface area (Å²) in [5, 5.41) is 2.76. The van der Waals surface area contributed by atoms with Gasteiger partial charge in [0.2, 0.25) is 15.9 Å². The van der Waals surface area contributed by atoms with Gasteiger partial charge >= 0.3 is 0 Å². The second-order valence-corrected chi connectivity index (χ2v) is 7.58. The normalized spacial score (nSPS) is 11.7. The van der Waals surface area contributed by atoms with E-state index in [9.17, 15) is 13.2 Å². The number of likely N-dealkylation sites (N-methyl/N-ethyl adjacent to an activating group) is 1. The number of hydrogen-bond acceptors (Lipinski definition) is 4. The number of rotatable bonds is 9. The molecule has 0 unspecified atom stereocenters. The van der Waals surface area contributed by atoms with E-state index in [1.165, 1.54) is 23.5 Å². The Hall–Kier alpha value is -1.60. The Labute approximate surface area is 138 Å². The van der Waals surface area contributed by atoms with Crippen LogP contribution >= 0.6 is 0 Å². The van der Waals surface area contributed by atoms with E-state index in [0.717, 1.165) is 6.42 Å². The Balaban J connectivity index is 2.76. The molecular weight excluding hydrogens is 316 g/mol. The summed E-state index contributed by atoms with van der Waals surface area (Å²) in [4.78, 5) is 12.1. The van der Waals surface area contributed by atoms with Gasteiger partial charge < -0.3 is 10.1 Å². The zero-order chi connectivity index (χ0) is 17.5. The third kappa shape index (κ3) is 5.84. The summed E-state index contributed by atoms with van der Waals surface area (Å²) in [5.74, 6) is 0.781. The van der Waals surface area contributed by atoms with Crippen molar-refractivity contribution in [1.82, 2.24) is 9.62 Å². The molecule has 23 heavy (non-hydrogen) atoms. The fourth-order valence-corrected chi connectivity index (χ4v) is 3.39. The minimum atomic E-state index is -3.70. The van der Waals surface area contributed by atoms with Crippen molar-refractivity contribution >= 4 is 15.9 Å². The quantitative estimate of drug-likeness (QED) is 0.743. The summed E-state index contributed by atoms with van der Waals surface area (Å²) < 4.78 is 31.4. The molecule has 0 spiro atoms. The summed E-state index contributed by atoms with van der Waals surface area (Å²) in [7, 11) is -2.18. The van der Waals surface area contributed by atoms with Crippen LogP contribution in [0.15, 0.2) is 29.2 Å². The highest BCUT2D eigenvalue weighted by molar-refractivity contribution is 7.89. The lowest BCUT2D eigenvalue weighted by Gasteiger charge is -2.20. The topological polar surface area (TPSA) is 75.7 Å². The molecule has 1 aromatic carbocycles. The number of hydrogen-bond donors (Lipinski definition) is 1. The Kier molecular flexibility index (Phi) is 7.51. The first-order chi connectivity index (χ1) is 10.8. The first-order valence-electron chi connectivity index (χ1n) is 7.72. The van der Waals surface area contributed by atoms with Crippen LogP contribution in [0.25, 0.3) is 0 Å². The Morgan fingerprint density at radius 2 is 1.87 bits per heavy atom. The van der Waals surface area contributed by atoms with Gasteiger partial charge in [0.1, 0.15) is 5.75 Å². The number of sulfonamides is 1. The van der Waals surface area contributed by atoms with Crippen LogP contribution in [0.1, 0.15) is 27.2 Å². The lowest BCUT2D eigenvalue weighted by molar-refractivity contribution is -0.121. The number of ether oxygens (including phenoxy) is 1. The number of nitrogens with one attached hydrogen (secondary N) is 1. The molecule has 1 amide bonds. The van der Waals surface area contributed by atoms with E-state index in [2.05, 4.69) is 19.2 Å². The molecule has 0 radical (unpaired) electrons. The Morgan fingerprint density at radius 3 is 2.35 bits per heavy atom. The molecule has 6 nitrogen and oxygen atoms in total. The maximum Gasteiger partial charge on any atom is 0.243 e. The fraction of sp³-hybridized carbons (Fsp3) is 0.562. The van der Waals surface area contributed by atoms with Crippen molar-refractivity contribution in [2.45, 2.75) is 32.1 Å². The molecule has 0 aliphatic rings. The van der Waals surface area contributed by atoms with E-state index in [4.69, 9.17) is 4.74 Å². The number of nitrogens with zero attached hydrogens (tertiary/aromatic N) is 1. The molecule has 1 rings (SSSR count). The summed E-state index contributed by atoms with van der Waals surface area (Å²) in [6, 6.07) is 6.13. The molecule has 0 atom stereocenters. The summed E-state index contributed by atoms with van der Waals surface area (Å²) >= 11 is 0. The monoisotopic (exact) mass is 342 g/mol. The van der Waals surface area contributed by atoms with Crippen LogP contribution in [0.3, 0.4) is 0 Å². The molecule has 7 heteroatoms. The second-order valence-electron chi connectivity index (χ2n) is 5.64. The van der Waals surface area contributed by atoms with Gasteiger partial charge in [0.25, 0.3) is 0 Å². The van der Waals surface area contributed by atoms with Crippen molar-refractivity contribution in [3.8, 4) is 5.75 Å². The van der Waals surface area contributed by atoms with Crippen molar-refractivity contribution in [1.29, 1.82) is 0 Å². The van der Waals surface area contributed by atoms with Crippen LogP contribution in [0.4, 0.5) is 0 Å². The van der Waals surface area contributed by atoms with Crippen molar-refractivity contribution in [2.24, 2.45) is 5.92 Å². The van der Waals surface area contributed by atoms with Gasteiger partial charge in [-0.1, -0.05) is 20.8 Å². The molecule has 0 aliphatic carbocycles. The van der Waals surface area contributed by atoms with Gasteiger partial charge in [-0.2, -0.15) is 4.31 Å². The van der Waals surface area contributed by atoms with Gasteiger partial charge in [0.15, 0.2) is 0 Å². The molecule has 0 heterocycles. The fourth-order valence-electron chi connectivity index (χ4n) is 1.98. The van der Waals surface area contributed by atoms with E-state index in [-0.39, 0.29) is 23.9 Å². The predicted octanol–water partition coefficient (Wildman–Crippen LogP) is 1.87. The van der Waals surface area contributed by atoms with Gasteiger partial charge in [-0.25, -0.2) is 8.42 Å². The minimum absolute atomic E-state index is 0.148. The second kappa shape index (κ2) is 8.88. The van der Waals surface area contributed by atoms with Crippen LogP contribution in [0.2, 0.25) is 0 Å². The van der Waals surface area contributed by atoms with E-state index >= 15 is 0 Å². The first-order valence-corrected chi connectivity index (χ1v) is 9.16. The number of methoxy groups -OCH3 is 1. The van der Waals surface area contributed by atoms with Gasteiger partial charge in [0, 0.05) is 13.1 Å². The van der Waals surface area contributed by atoms with Crippen LogP contribution in [0, 0.1) is 5.92 Å². The largest absolute Gasteiger partial charge is 0.497 e. The molecule has 1 aromatic rings. The summed E-state index contributed by atoms with van der Waals surface area (Å²) in [5.41, 5.74) is 0. The average molecular weight is 342 g/mol. The lowest BCUT2D eigenvalue weighted by Crippen LogP contribution is -2.41. The zero-order valence-electron chi connectivity index (χ0n) is 14.2. The highest BCUT2D eigenvalue weighted by atomic mass is 32.2. The molecule has 1 N–H and O–H groups in total. The van der Waals surface area contributed by atoms with Gasteiger partial charge in [-0.15, -0.1) is 0 Å². The molecule has 130 valence electrons. The molecule has 0 aliphatic heterocycles. The number of amides is 1. The summed E-state index contributed by atoms with van der Waals surface area (Å²) in [6.45, 7) is 6.45. The van der Waals surface area contributed by atoms with E-state index < -0.39 is 10.0 Å². The van der Waals surface area contributed by atoms with Gasteiger partial charge in [-0.05, 0) is 36.6 Å². The maximum atomic E-state index is 12.6. The van der Waals surface area contributed by atoms with E-state index in [1.54, 1.807) is 19.1 Å². The lowest BCUT2D eigenvalue weighted by atomic mass is 10.1. The number of benzene rings is 1. The van der Waals surface area contributed by atoms with Crippen molar-refractivity contribution in [3.63, 3.8) is 0 Å². The van der Waals surface area contributed by atoms with Crippen molar-refractivity contribution in [3.05, 3.63) is 24.3 Å².